The smallest absolute Gasteiger partial charge is 0.320 e. The summed E-state index contributed by atoms with van der Waals surface area (Å²) < 4.78 is 11.3. The van der Waals surface area contributed by atoms with Crippen LogP contribution in [0.4, 0.5) is 0 Å². The summed E-state index contributed by atoms with van der Waals surface area (Å²) in [6, 6.07) is 0. The van der Waals surface area contributed by atoms with E-state index in [4.69, 9.17) is 8.54 Å². The minimum Gasteiger partial charge on any atom is -0.417 e. The predicted molar refractivity (Wildman–Crippen MR) is 62.8 cm³/mol. The molecule has 0 heterocycles. The average Bonchev–Trinajstić information content (AvgIpc) is 1.81. The molecular weight excluding hydrogens is 216 g/mol. The molecular formula is C7H22O3Si3. The zero-order valence-corrected chi connectivity index (χ0v) is 12.8. The maximum Gasteiger partial charge on any atom is 0.320 e. The van der Waals surface area contributed by atoms with E-state index >= 15 is 0 Å². The Morgan fingerprint density at radius 1 is 0.923 bits per heavy atom. The summed E-state index contributed by atoms with van der Waals surface area (Å²) in [6.45, 7) is 12.3. The van der Waals surface area contributed by atoms with Crippen molar-refractivity contribution >= 4 is 24.2 Å². The van der Waals surface area contributed by atoms with E-state index in [1.165, 1.54) is 0 Å². The van der Waals surface area contributed by atoms with Gasteiger partial charge in [0.1, 0.15) is 7.59 Å². The number of hydrogen-bond donors (Lipinski definition) is 1. The minimum absolute atomic E-state index is 1.45. The molecule has 0 aromatic rings. The lowest BCUT2D eigenvalue weighted by Gasteiger charge is -2.39. The van der Waals surface area contributed by atoms with Crippen LogP contribution in [0.15, 0.2) is 0 Å². The third-order valence-corrected chi connectivity index (χ3v) is 19.0. The van der Waals surface area contributed by atoms with Crippen molar-refractivity contribution in [1.29, 1.82) is 0 Å². The Kier molecular flexibility index (Phi) is 4.11. The van der Waals surface area contributed by atoms with Crippen LogP contribution in [0.1, 0.15) is 0 Å². The molecule has 1 N–H and O–H groups in total. The van der Waals surface area contributed by atoms with Crippen molar-refractivity contribution in [3.63, 3.8) is 0 Å². The molecule has 13 heavy (non-hydrogen) atoms. The van der Waals surface area contributed by atoms with Gasteiger partial charge in [0.15, 0.2) is 0 Å². The largest absolute Gasteiger partial charge is 0.417 e. The SMILES string of the molecule is CO[Si](C)(O[Si](C)(C)O)[Si](C)(C)C. The Hall–Kier alpha value is 0.531. The van der Waals surface area contributed by atoms with E-state index in [1.807, 2.05) is 0 Å². The Morgan fingerprint density at radius 3 is 1.38 bits per heavy atom. The Bertz CT molecular complexity index is 173. The van der Waals surface area contributed by atoms with E-state index in [0.29, 0.717) is 0 Å². The quantitative estimate of drug-likeness (QED) is 0.760. The second kappa shape index (κ2) is 3.95. The van der Waals surface area contributed by atoms with Crippen molar-refractivity contribution in [3.05, 3.63) is 0 Å². The van der Waals surface area contributed by atoms with Crippen molar-refractivity contribution in [2.24, 2.45) is 0 Å². The zero-order chi connectivity index (χ0) is 10.9. The van der Waals surface area contributed by atoms with E-state index < -0.39 is 24.2 Å². The van der Waals surface area contributed by atoms with Gasteiger partial charge in [0.05, 0.1) is 0 Å². The first kappa shape index (κ1) is 13.5. The fraction of sp³-hybridized carbons (Fsp3) is 1.00. The molecule has 0 rings (SSSR count). The lowest BCUT2D eigenvalue weighted by atomic mass is 11.8. The molecule has 1 unspecified atom stereocenters. The van der Waals surface area contributed by atoms with Crippen molar-refractivity contribution < 1.29 is 13.3 Å². The first-order valence-corrected chi connectivity index (χ1v) is 14.2. The van der Waals surface area contributed by atoms with Gasteiger partial charge in [0.2, 0.25) is 0 Å². The normalized spacial score (nSPS) is 18.5. The molecule has 3 nitrogen and oxygen atoms in total. The van der Waals surface area contributed by atoms with Crippen LogP contribution in [0, 0.1) is 0 Å². The predicted octanol–water partition coefficient (Wildman–Crippen LogP) is 1.83. The van der Waals surface area contributed by atoms with E-state index in [1.54, 1.807) is 20.2 Å². The summed E-state index contributed by atoms with van der Waals surface area (Å²) in [7, 11) is -4.31. The third-order valence-electron chi connectivity index (χ3n) is 2.20. The molecule has 0 aliphatic rings. The third kappa shape index (κ3) is 4.05. The maximum absolute atomic E-state index is 9.74. The minimum atomic E-state index is -2.45. The lowest BCUT2D eigenvalue weighted by Crippen LogP contribution is -2.63. The molecule has 6 heteroatoms. The monoisotopic (exact) mass is 238 g/mol. The highest BCUT2D eigenvalue weighted by Crippen LogP contribution is 2.23. The van der Waals surface area contributed by atoms with Crippen LogP contribution in [0.25, 0.3) is 0 Å². The van der Waals surface area contributed by atoms with Crippen LogP contribution in [0.5, 0.6) is 0 Å². The summed E-state index contributed by atoms with van der Waals surface area (Å²) in [4.78, 5) is 9.74. The van der Waals surface area contributed by atoms with E-state index in [9.17, 15) is 4.80 Å². The van der Waals surface area contributed by atoms with Gasteiger partial charge < -0.3 is 13.3 Å². The molecule has 0 fully saturated rings. The van der Waals surface area contributed by atoms with Gasteiger partial charge in [-0.25, -0.2) is 0 Å². The molecule has 0 bridgehead atoms. The molecule has 0 amide bonds. The Labute approximate surface area is 84.4 Å². The summed E-state index contributed by atoms with van der Waals surface area (Å²) in [6.07, 6.45) is 0. The molecule has 80 valence electrons. The molecule has 0 aromatic heterocycles. The second-order valence-electron chi connectivity index (χ2n) is 4.95. The van der Waals surface area contributed by atoms with Gasteiger partial charge in [-0.05, 0) is 19.6 Å². The molecule has 0 aliphatic heterocycles. The first-order chi connectivity index (χ1) is 5.52. The number of rotatable bonds is 4. The number of hydrogen-bond acceptors (Lipinski definition) is 3. The molecule has 0 aliphatic carbocycles. The van der Waals surface area contributed by atoms with E-state index in [2.05, 4.69) is 26.2 Å². The first-order valence-electron chi connectivity index (χ1n) is 4.49. The lowest BCUT2D eigenvalue weighted by molar-refractivity contribution is 0.287. The summed E-state index contributed by atoms with van der Waals surface area (Å²) in [5.41, 5.74) is 0. The standard InChI is InChI=1S/C7H22O3Si3/c1-9-13(7,11(2,3)4)10-12(5,6)8/h8H,1-7H3. The van der Waals surface area contributed by atoms with Gasteiger partial charge in [-0.2, -0.15) is 0 Å². The maximum atomic E-state index is 9.74. The Balaban J connectivity index is 4.67. The fourth-order valence-corrected chi connectivity index (χ4v) is 13.8. The molecule has 0 saturated heterocycles. The summed E-state index contributed by atoms with van der Waals surface area (Å²) >= 11 is 0. The van der Waals surface area contributed by atoms with Crippen LogP contribution >= 0.6 is 0 Å². The van der Waals surface area contributed by atoms with Crippen LogP contribution in [0.3, 0.4) is 0 Å². The average molecular weight is 239 g/mol. The zero-order valence-electron chi connectivity index (χ0n) is 9.76. The van der Waals surface area contributed by atoms with Gasteiger partial charge in [-0.3, -0.25) is 0 Å². The van der Waals surface area contributed by atoms with Crippen LogP contribution in [-0.2, 0) is 8.54 Å². The van der Waals surface area contributed by atoms with Crippen molar-refractivity contribution in [3.8, 4) is 0 Å². The van der Waals surface area contributed by atoms with Gasteiger partial charge in [0, 0.05) is 7.11 Å². The highest BCUT2D eigenvalue weighted by molar-refractivity contribution is 7.36. The summed E-state index contributed by atoms with van der Waals surface area (Å²) in [5, 5.41) is 0. The van der Waals surface area contributed by atoms with Crippen molar-refractivity contribution in [2.75, 3.05) is 7.11 Å². The Morgan fingerprint density at radius 2 is 1.31 bits per heavy atom. The van der Waals surface area contributed by atoms with Gasteiger partial charge in [0.25, 0.3) is 0 Å². The topological polar surface area (TPSA) is 38.7 Å². The van der Waals surface area contributed by atoms with E-state index in [-0.39, 0.29) is 0 Å². The highest BCUT2D eigenvalue weighted by atomic mass is 29.3. The van der Waals surface area contributed by atoms with Gasteiger partial charge >= 0.3 is 16.6 Å². The van der Waals surface area contributed by atoms with Crippen molar-refractivity contribution in [2.45, 2.75) is 39.3 Å². The fourth-order valence-electron chi connectivity index (χ4n) is 0.978. The highest BCUT2D eigenvalue weighted by Gasteiger charge is 2.48. The van der Waals surface area contributed by atoms with E-state index in [0.717, 1.165) is 0 Å². The van der Waals surface area contributed by atoms with Crippen molar-refractivity contribution in [1.82, 2.24) is 0 Å². The molecule has 0 aromatic carbocycles. The molecule has 0 spiro atoms. The summed E-state index contributed by atoms with van der Waals surface area (Å²) in [5.74, 6) is 0. The molecule has 0 saturated carbocycles. The molecule has 1 atom stereocenters. The second-order valence-corrected chi connectivity index (χ2v) is 22.7. The van der Waals surface area contributed by atoms with Crippen LogP contribution < -0.4 is 0 Å². The van der Waals surface area contributed by atoms with Crippen LogP contribution in [-0.4, -0.2) is 36.1 Å². The van der Waals surface area contributed by atoms with Gasteiger partial charge in [-0.15, -0.1) is 0 Å². The molecule has 0 radical (unpaired) electrons. The van der Waals surface area contributed by atoms with Gasteiger partial charge in [-0.1, -0.05) is 19.6 Å². The van der Waals surface area contributed by atoms with Crippen LogP contribution in [0.2, 0.25) is 39.3 Å².